The maximum atomic E-state index is 10.7. The first kappa shape index (κ1) is 10.8. The fourth-order valence-electron chi connectivity index (χ4n) is 1.02. The van der Waals surface area contributed by atoms with E-state index in [2.05, 4.69) is 0 Å². The summed E-state index contributed by atoms with van der Waals surface area (Å²) in [6.45, 7) is 1.45. The number of aromatic carboxylic acids is 1. The summed E-state index contributed by atoms with van der Waals surface area (Å²) in [5.41, 5.74) is 0.772. The third-order valence-corrected chi connectivity index (χ3v) is 2.53. The van der Waals surface area contributed by atoms with E-state index in [0.717, 1.165) is 11.8 Å². The van der Waals surface area contributed by atoms with Crippen LogP contribution in [0.1, 0.15) is 22.8 Å². The zero-order valence-corrected chi connectivity index (χ0v) is 8.47. The Kier molecular flexibility index (Phi) is 3.71. The van der Waals surface area contributed by atoms with Crippen molar-refractivity contribution in [3.8, 4) is 0 Å². The van der Waals surface area contributed by atoms with Gasteiger partial charge in [0.25, 0.3) is 0 Å². The molecule has 0 atom stereocenters. The topological polar surface area (TPSA) is 57.2 Å². The van der Waals surface area contributed by atoms with Gasteiger partial charge >= 0.3 is 0 Å². The van der Waals surface area contributed by atoms with Crippen LogP contribution in [0.5, 0.6) is 0 Å². The summed E-state index contributed by atoms with van der Waals surface area (Å²) in [7, 11) is 0. The lowest BCUT2D eigenvalue weighted by Crippen LogP contribution is -2.23. The normalized spacial score (nSPS) is 9.79. The minimum Gasteiger partial charge on any atom is -0.545 e. The van der Waals surface area contributed by atoms with Gasteiger partial charge in [0.2, 0.25) is 0 Å². The molecule has 0 unspecified atom stereocenters. The van der Waals surface area contributed by atoms with Crippen molar-refractivity contribution >= 4 is 22.8 Å². The standard InChI is InChI=1S/C10H10O3S/c1-7(11)14-6-8-4-2-3-5-9(8)10(12)13/h2-5H,6H2,1H3,(H,12,13)/p-1. The Bertz CT molecular complexity index is 360. The van der Waals surface area contributed by atoms with E-state index >= 15 is 0 Å². The van der Waals surface area contributed by atoms with Crippen molar-refractivity contribution in [1.29, 1.82) is 0 Å². The number of carboxylic acids is 1. The summed E-state index contributed by atoms with van der Waals surface area (Å²) in [5.74, 6) is -0.829. The van der Waals surface area contributed by atoms with Crippen molar-refractivity contribution in [1.82, 2.24) is 0 Å². The number of benzene rings is 1. The van der Waals surface area contributed by atoms with Crippen LogP contribution >= 0.6 is 11.8 Å². The molecule has 0 bridgehead atoms. The van der Waals surface area contributed by atoms with Crippen molar-refractivity contribution in [2.24, 2.45) is 0 Å². The molecule has 1 rings (SSSR count). The minimum atomic E-state index is -1.20. The second-order valence-electron chi connectivity index (χ2n) is 2.72. The van der Waals surface area contributed by atoms with E-state index < -0.39 is 5.97 Å². The Hall–Kier alpha value is -1.29. The van der Waals surface area contributed by atoms with Crippen molar-refractivity contribution in [3.63, 3.8) is 0 Å². The second kappa shape index (κ2) is 4.81. The Morgan fingerprint density at radius 1 is 1.36 bits per heavy atom. The summed E-state index contributed by atoms with van der Waals surface area (Å²) in [5, 5.41) is 10.6. The average molecular weight is 209 g/mol. The van der Waals surface area contributed by atoms with E-state index in [9.17, 15) is 14.7 Å². The van der Waals surface area contributed by atoms with E-state index in [-0.39, 0.29) is 10.7 Å². The molecule has 0 aliphatic carbocycles. The van der Waals surface area contributed by atoms with E-state index in [1.807, 2.05) is 0 Å². The van der Waals surface area contributed by atoms with Crippen LogP contribution in [0.4, 0.5) is 0 Å². The highest BCUT2D eigenvalue weighted by molar-refractivity contribution is 8.12. The summed E-state index contributed by atoms with van der Waals surface area (Å²) in [6.07, 6.45) is 0. The lowest BCUT2D eigenvalue weighted by Gasteiger charge is -2.08. The second-order valence-corrected chi connectivity index (χ2v) is 3.88. The maximum Gasteiger partial charge on any atom is 0.186 e. The summed E-state index contributed by atoms with van der Waals surface area (Å²) < 4.78 is 0. The quantitative estimate of drug-likeness (QED) is 0.739. The van der Waals surface area contributed by atoms with Crippen LogP contribution in [0, 0.1) is 0 Å². The van der Waals surface area contributed by atoms with Crippen LogP contribution in [-0.2, 0) is 10.5 Å². The molecular weight excluding hydrogens is 200 g/mol. The van der Waals surface area contributed by atoms with Gasteiger partial charge in [-0.15, -0.1) is 0 Å². The molecule has 0 aliphatic rings. The van der Waals surface area contributed by atoms with Crippen molar-refractivity contribution in [3.05, 3.63) is 35.4 Å². The minimum absolute atomic E-state index is 0.0295. The molecule has 0 heterocycles. The number of thioether (sulfide) groups is 1. The molecule has 14 heavy (non-hydrogen) atoms. The zero-order valence-electron chi connectivity index (χ0n) is 7.65. The van der Waals surface area contributed by atoms with E-state index in [1.165, 1.54) is 13.0 Å². The molecule has 1 aromatic carbocycles. The molecule has 0 spiro atoms. The molecule has 0 amide bonds. The van der Waals surface area contributed by atoms with Crippen LogP contribution in [-0.4, -0.2) is 11.1 Å². The van der Waals surface area contributed by atoms with Crippen LogP contribution in [0.3, 0.4) is 0 Å². The first-order chi connectivity index (χ1) is 6.61. The average Bonchev–Trinajstić information content (AvgIpc) is 2.15. The molecule has 1 aromatic rings. The third-order valence-electron chi connectivity index (χ3n) is 1.67. The lowest BCUT2D eigenvalue weighted by molar-refractivity contribution is -0.255. The lowest BCUT2D eigenvalue weighted by atomic mass is 10.1. The molecular formula is C10H9O3S-. The summed E-state index contributed by atoms with van der Waals surface area (Å²) in [6, 6.07) is 6.53. The molecule has 3 nitrogen and oxygen atoms in total. The van der Waals surface area contributed by atoms with Gasteiger partial charge in [-0.1, -0.05) is 36.0 Å². The summed E-state index contributed by atoms with van der Waals surface area (Å²) >= 11 is 1.09. The monoisotopic (exact) mass is 209 g/mol. The molecule has 0 aliphatic heterocycles. The van der Waals surface area contributed by atoms with Crippen molar-refractivity contribution in [2.45, 2.75) is 12.7 Å². The van der Waals surface area contributed by atoms with Gasteiger partial charge in [-0.2, -0.15) is 0 Å². The van der Waals surface area contributed by atoms with Gasteiger partial charge in [0, 0.05) is 18.2 Å². The van der Waals surface area contributed by atoms with Gasteiger partial charge in [0.05, 0.1) is 5.97 Å². The van der Waals surface area contributed by atoms with Gasteiger partial charge in [-0.05, 0) is 5.56 Å². The predicted molar refractivity (Wildman–Crippen MR) is 52.7 cm³/mol. The van der Waals surface area contributed by atoms with Crippen LogP contribution in [0.2, 0.25) is 0 Å². The van der Waals surface area contributed by atoms with Gasteiger partial charge in [0.1, 0.15) is 0 Å². The zero-order chi connectivity index (χ0) is 10.6. The van der Waals surface area contributed by atoms with Gasteiger partial charge in [-0.25, -0.2) is 0 Å². The van der Waals surface area contributed by atoms with Crippen LogP contribution in [0.15, 0.2) is 24.3 Å². The Morgan fingerprint density at radius 3 is 2.57 bits per heavy atom. The molecule has 4 heteroatoms. The molecule has 0 saturated carbocycles. The highest BCUT2D eigenvalue weighted by Gasteiger charge is 2.03. The van der Waals surface area contributed by atoms with E-state index in [1.54, 1.807) is 18.2 Å². The van der Waals surface area contributed by atoms with Crippen LogP contribution in [0.25, 0.3) is 0 Å². The maximum absolute atomic E-state index is 10.7. The number of hydrogen-bond acceptors (Lipinski definition) is 4. The molecule has 0 saturated heterocycles. The van der Waals surface area contributed by atoms with Crippen molar-refractivity contribution < 1.29 is 14.7 Å². The highest BCUT2D eigenvalue weighted by Crippen LogP contribution is 2.16. The number of hydrogen-bond donors (Lipinski definition) is 0. The first-order valence-electron chi connectivity index (χ1n) is 4.04. The Balaban J connectivity index is 2.84. The summed E-state index contributed by atoms with van der Waals surface area (Å²) in [4.78, 5) is 21.4. The fourth-order valence-corrected chi connectivity index (χ4v) is 1.64. The van der Waals surface area contributed by atoms with Gasteiger partial charge < -0.3 is 9.90 Å². The molecule has 0 radical (unpaired) electrons. The van der Waals surface area contributed by atoms with E-state index in [4.69, 9.17) is 0 Å². The van der Waals surface area contributed by atoms with E-state index in [0.29, 0.717) is 11.3 Å². The Morgan fingerprint density at radius 2 is 2.00 bits per heavy atom. The number of carbonyl (C=O) groups is 2. The Labute approximate surface area is 86.1 Å². The smallest absolute Gasteiger partial charge is 0.186 e. The van der Waals surface area contributed by atoms with Crippen molar-refractivity contribution in [2.75, 3.05) is 0 Å². The molecule has 0 N–H and O–H groups in total. The van der Waals surface area contributed by atoms with Gasteiger partial charge in [-0.3, -0.25) is 4.79 Å². The highest BCUT2D eigenvalue weighted by atomic mass is 32.2. The first-order valence-corrected chi connectivity index (χ1v) is 5.02. The molecule has 0 aromatic heterocycles. The fraction of sp³-hybridized carbons (Fsp3) is 0.200. The number of carboxylic acid groups (broad SMARTS) is 1. The third kappa shape index (κ3) is 2.88. The predicted octanol–water partition coefficient (Wildman–Crippen LogP) is 0.830. The number of rotatable bonds is 3. The largest absolute Gasteiger partial charge is 0.545 e. The SMILES string of the molecule is CC(=O)SCc1ccccc1C(=O)[O-]. The number of carbonyl (C=O) groups excluding carboxylic acids is 2. The van der Waals surface area contributed by atoms with Crippen LogP contribution < -0.4 is 5.11 Å². The molecule has 74 valence electrons. The van der Waals surface area contributed by atoms with Gasteiger partial charge in [0.15, 0.2) is 5.12 Å². The molecule has 0 fully saturated rings.